The van der Waals surface area contributed by atoms with Crippen molar-refractivity contribution >= 4 is 5.91 Å². The van der Waals surface area contributed by atoms with E-state index < -0.39 is 0 Å². The van der Waals surface area contributed by atoms with E-state index in [4.69, 9.17) is 4.74 Å². The van der Waals surface area contributed by atoms with E-state index in [1.54, 1.807) is 25.3 Å². The molecule has 0 spiro atoms. The van der Waals surface area contributed by atoms with Crippen LogP contribution in [0, 0.1) is 0 Å². The maximum atomic E-state index is 12.2. The zero-order chi connectivity index (χ0) is 16.8. The molecule has 2 rings (SSSR count). The second-order valence-corrected chi connectivity index (χ2v) is 5.48. The molecule has 0 unspecified atom stereocenters. The van der Waals surface area contributed by atoms with Gasteiger partial charge in [-0.1, -0.05) is 24.3 Å². The van der Waals surface area contributed by atoms with E-state index in [2.05, 4.69) is 5.32 Å². The van der Waals surface area contributed by atoms with Crippen LogP contribution < -0.4 is 10.1 Å². The van der Waals surface area contributed by atoms with Gasteiger partial charge in [-0.25, -0.2) is 0 Å². The lowest BCUT2D eigenvalue weighted by Gasteiger charge is -2.25. The lowest BCUT2D eigenvalue weighted by Crippen LogP contribution is -2.34. The fourth-order valence-electron chi connectivity index (χ4n) is 2.37. The highest BCUT2D eigenvalue weighted by Crippen LogP contribution is 2.21. The maximum absolute atomic E-state index is 12.2. The molecule has 0 radical (unpaired) electrons. The van der Waals surface area contributed by atoms with Gasteiger partial charge in [0.15, 0.2) is 0 Å². The van der Waals surface area contributed by atoms with Crippen LogP contribution in [0.5, 0.6) is 11.5 Å². The number of hydrogen-bond acceptors (Lipinski definition) is 4. The standard InChI is InChI=1S/C18H22N2O3/c1-20(2)16(13-8-10-14(23-3)11-9-13)12-19-18(22)15-6-4-5-7-17(15)21/h4-11,16,21H,12H2,1-3H3,(H,19,22)/t16-/m1/s1. The number of nitrogens with zero attached hydrogens (tertiary/aromatic N) is 1. The van der Waals surface area contributed by atoms with E-state index in [-0.39, 0.29) is 23.3 Å². The molecule has 0 aromatic heterocycles. The first-order valence-electron chi connectivity index (χ1n) is 7.39. The van der Waals surface area contributed by atoms with Crippen molar-refractivity contribution in [2.24, 2.45) is 0 Å². The summed E-state index contributed by atoms with van der Waals surface area (Å²) in [7, 11) is 5.55. The number of nitrogens with one attached hydrogen (secondary N) is 1. The second-order valence-electron chi connectivity index (χ2n) is 5.48. The van der Waals surface area contributed by atoms with Crippen LogP contribution >= 0.6 is 0 Å². The van der Waals surface area contributed by atoms with Crippen molar-refractivity contribution in [3.63, 3.8) is 0 Å². The van der Waals surface area contributed by atoms with Crippen LogP contribution in [0.25, 0.3) is 0 Å². The number of phenolic OH excluding ortho intramolecular Hbond substituents is 1. The van der Waals surface area contributed by atoms with Crippen molar-refractivity contribution in [2.45, 2.75) is 6.04 Å². The van der Waals surface area contributed by atoms with E-state index >= 15 is 0 Å². The van der Waals surface area contributed by atoms with E-state index in [0.717, 1.165) is 11.3 Å². The number of rotatable bonds is 6. The van der Waals surface area contributed by atoms with Gasteiger partial charge in [0.1, 0.15) is 11.5 Å². The van der Waals surface area contributed by atoms with Crippen LogP contribution in [-0.2, 0) is 0 Å². The van der Waals surface area contributed by atoms with E-state index in [1.165, 1.54) is 6.07 Å². The summed E-state index contributed by atoms with van der Waals surface area (Å²) in [6.45, 7) is 0.437. The molecule has 0 fully saturated rings. The summed E-state index contributed by atoms with van der Waals surface area (Å²) in [5, 5.41) is 12.6. The molecular weight excluding hydrogens is 292 g/mol. The third kappa shape index (κ3) is 4.23. The number of aromatic hydroxyl groups is 1. The SMILES string of the molecule is COc1ccc([C@@H](CNC(=O)c2ccccc2O)N(C)C)cc1. The molecule has 0 aliphatic carbocycles. The quantitative estimate of drug-likeness (QED) is 0.860. The molecule has 2 aromatic carbocycles. The van der Waals surface area contributed by atoms with Gasteiger partial charge >= 0.3 is 0 Å². The number of likely N-dealkylation sites (N-methyl/N-ethyl adjacent to an activating group) is 1. The van der Waals surface area contributed by atoms with Crippen LogP contribution in [0.4, 0.5) is 0 Å². The number of phenols is 1. The van der Waals surface area contributed by atoms with E-state index in [1.807, 2.05) is 43.3 Å². The number of amides is 1. The van der Waals surface area contributed by atoms with E-state index in [9.17, 15) is 9.90 Å². The van der Waals surface area contributed by atoms with Crippen molar-refractivity contribution in [1.82, 2.24) is 10.2 Å². The number of benzene rings is 2. The Morgan fingerprint density at radius 1 is 1.17 bits per heavy atom. The number of hydrogen-bond donors (Lipinski definition) is 2. The summed E-state index contributed by atoms with van der Waals surface area (Å²) in [4.78, 5) is 14.2. The molecule has 1 atom stereocenters. The van der Waals surface area contributed by atoms with Gasteiger partial charge < -0.3 is 20.1 Å². The Bertz CT molecular complexity index is 654. The number of methoxy groups -OCH3 is 1. The van der Waals surface area contributed by atoms with Crippen molar-refractivity contribution < 1.29 is 14.6 Å². The Kier molecular flexibility index (Phi) is 5.60. The first-order valence-corrected chi connectivity index (χ1v) is 7.39. The fraction of sp³-hybridized carbons (Fsp3) is 0.278. The molecule has 0 aliphatic heterocycles. The lowest BCUT2D eigenvalue weighted by atomic mass is 10.1. The monoisotopic (exact) mass is 314 g/mol. The van der Waals surface area contributed by atoms with Crippen molar-refractivity contribution in [3.8, 4) is 11.5 Å². The van der Waals surface area contributed by atoms with Gasteiger partial charge in [-0.15, -0.1) is 0 Å². The molecule has 0 aliphatic rings. The molecule has 0 saturated heterocycles. The summed E-state index contributed by atoms with van der Waals surface area (Å²) in [5.41, 5.74) is 1.35. The topological polar surface area (TPSA) is 61.8 Å². The van der Waals surface area contributed by atoms with Crippen molar-refractivity contribution in [1.29, 1.82) is 0 Å². The van der Waals surface area contributed by atoms with Crippen LogP contribution in [0.2, 0.25) is 0 Å². The van der Waals surface area contributed by atoms with Gasteiger partial charge in [0.25, 0.3) is 5.91 Å². The molecule has 2 N–H and O–H groups in total. The van der Waals surface area contributed by atoms with Crippen LogP contribution in [0.1, 0.15) is 22.0 Å². The third-order valence-electron chi connectivity index (χ3n) is 3.73. The van der Waals surface area contributed by atoms with Crippen molar-refractivity contribution in [2.75, 3.05) is 27.7 Å². The highest BCUT2D eigenvalue weighted by molar-refractivity contribution is 5.96. The third-order valence-corrected chi connectivity index (χ3v) is 3.73. The van der Waals surface area contributed by atoms with Gasteiger partial charge in [0.2, 0.25) is 0 Å². The van der Waals surface area contributed by atoms with Crippen LogP contribution in [0.15, 0.2) is 48.5 Å². The summed E-state index contributed by atoms with van der Waals surface area (Å²) in [6, 6.07) is 14.3. The Morgan fingerprint density at radius 3 is 2.39 bits per heavy atom. The largest absolute Gasteiger partial charge is 0.507 e. The van der Waals surface area contributed by atoms with Crippen LogP contribution in [0.3, 0.4) is 0 Å². The van der Waals surface area contributed by atoms with Gasteiger partial charge in [-0.3, -0.25) is 4.79 Å². The average Bonchev–Trinajstić information content (AvgIpc) is 2.55. The van der Waals surface area contributed by atoms with Gasteiger partial charge in [-0.05, 0) is 43.9 Å². The Balaban J connectivity index is 2.08. The van der Waals surface area contributed by atoms with Gasteiger partial charge in [0, 0.05) is 6.54 Å². The minimum absolute atomic E-state index is 0.0177. The lowest BCUT2D eigenvalue weighted by molar-refractivity contribution is 0.0939. The number of carbonyl (C=O) groups excluding carboxylic acids is 1. The molecule has 0 saturated carbocycles. The highest BCUT2D eigenvalue weighted by Gasteiger charge is 2.17. The Hall–Kier alpha value is -2.53. The van der Waals surface area contributed by atoms with E-state index in [0.29, 0.717) is 6.54 Å². The first kappa shape index (κ1) is 16.8. The highest BCUT2D eigenvalue weighted by atomic mass is 16.5. The van der Waals surface area contributed by atoms with Gasteiger partial charge in [-0.2, -0.15) is 0 Å². The molecule has 23 heavy (non-hydrogen) atoms. The summed E-state index contributed by atoms with van der Waals surface area (Å²) in [6.07, 6.45) is 0. The van der Waals surface area contributed by atoms with Crippen molar-refractivity contribution in [3.05, 3.63) is 59.7 Å². The molecule has 5 nitrogen and oxygen atoms in total. The zero-order valence-electron chi connectivity index (χ0n) is 13.6. The number of para-hydroxylation sites is 1. The smallest absolute Gasteiger partial charge is 0.255 e. The summed E-state index contributed by atoms with van der Waals surface area (Å²) >= 11 is 0. The Labute approximate surface area is 136 Å². The number of carbonyl (C=O) groups is 1. The maximum Gasteiger partial charge on any atom is 0.255 e. The van der Waals surface area contributed by atoms with Crippen LogP contribution in [-0.4, -0.2) is 43.7 Å². The van der Waals surface area contributed by atoms with Gasteiger partial charge in [0.05, 0.1) is 18.7 Å². The summed E-state index contributed by atoms with van der Waals surface area (Å²) in [5.74, 6) is 0.490. The molecule has 0 heterocycles. The molecular formula is C18H22N2O3. The normalized spacial score (nSPS) is 12.0. The Morgan fingerprint density at radius 2 is 1.83 bits per heavy atom. The minimum atomic E-state index is -0.288. The molecule has 0 bridgehead atoms. The minimum Gasteiger partial charge on any atom is -0.507 e. The average molecular weight is 314 g/mol. The predicted molar refractivity (Wildman–Crippen MR) is 89.9 cm³/mol. The molecule has 122 valence electrons. The predicted octanol–water partition coefficient (Wildman–Crippen LogP) is 2.43. The molecule has 1 amide bonds. The zero-order valence-corrected chi connectivity index (χ0v) is 13.6. The number of ether oxygens (including phenoxy) is 1. The molecule has 5 heteroatoms. The first-order chi connectivity index (χ1) is 11.0. The summed E-state index contributed by atoms with van der Waals surface area (Å²) < 4.78 is 5.17. The second kappa shape index (κ2) is 7.65. The molecule has 2 aromatic rings. The fourth-order valence-corrected chi connectivity index (χ4v) is 2.37.